The third-order valence-corrected chi connectivity index (χ3v) is 5.44. The molecule has 0 radical (unpaired) electrons. The fourth-order valence-corrected chi connectivity index (χ4v) is 4.04. The molecule has 1 atom stereocenters. The molecule has 21 heavy (non-hydrogen) atoms. The average molecular weight is 283 g/mol. The summed E-state index contributed by atoms with van der Waals surface area (Å²) in [4.78, 5) is 0. The fourth-order valence-electron chi connectivity index (χ4n) is 4.04. The van der Waals surface area contributed by atoms with Crippen LogP contribution in [0, 0.1) is 5.41 Å². The van der Waals surface area contributed by atoms with Gasteiger partial charge in [-0.25, -0.2) is 0 Å². The average Bonchev–Trinajstić information content (AvgIpc) is 3.03. The normalized spacial score (nSPS) is 18.8. The minimum atomic E-state index is 0.112. The van der Waals surface area contributed by atoms with Gasteiger partial charge in [0.05, 0.1) is 7.11 Å². The van der Waals surface area contributed by atoms with Crippen LogP contribution < -0.4 is 10.5 Å². The zero-order chi connectivity index (χ0) is 14.9. The van der Waals surface area contributed by atoms with Crippen LogP contribution in [0.15, 0.2) is 36.4 Å². The first-order chi connectivity index (χ1) is 10.2. The van der Waals surface area contributed by atoms with E-state index in [-0.39, 0.29) is 11.5 Å². The standard InChI is InChI=1S/C19H25NO/c1-3-19(12-6-7-13-19)18(20)16-10-11-17(21-2)15-9-5-4-8-14(15)16/h4-5,8-11,18H,3,6-7,12-13,20H2,1-2H3. The van der Waals surface area contributed by atoms with Crippen LogP contribution in [0.5, 0.6) is 5.75 Å². The molecule has 0 bridgehead atoms. The summed E-state index contributed by atoms with van der Waals surface area (Å²) in [5.74, 6) is 0.929. The number of nitrogens with two attached hydrogens (primary N) is 1. The molecule has 0 aliphatic heterocycles. The number of methoxy groups -OCH3 is 1. The van der Waals surface area contributed by atoms with Crippen molar-refractivity contribution in [3.8, 4) is 5.75 Å². The van der Waals surface area contributed by atoms with Gasteiger partial charge < -0.3 is 10.5 Å². The molecule has 2 N–H and O–H groups in total. The minimum absolute atomic E-state index is 0.112. The highest BCUT2D eigenvalue weighted by molar-refractivity contribution is 5.91. The van der Waals surface area contributed by atoms with Crippen molar-refractivity contribution in [3.63, 3.8) is 0 Å². The van der Waals surface area contributed by atoms with Crippen LogP contribution in [-0.2, 0) is 0 Å². The highest BCUT2D eigenvalue weighted by Crippen LogP contribution is 2.50. The van der Waals surface area contributed by atoms with E-state index in [4.69, 9.17) is 10.5 Å². The van der Waals surface area contributed by atoms with E-state index in [0.29, 0.717) is 0 Å². The maximum atomic E-state index is 6.76. The largest absolute Gasteiger partial charge is 0.496 e. The van der Waals surface area contributed by atoms with E-state index in [1.165, 1.54) is 36.6 Å². The van der Waals surface area contributed by atoms with Gasteiger partial charge in [0.2, 0.25) is 0 Å². The van der Waals surface area contributed by atoms with Gasteiger partial charge in [-0.1, -0.05) is 50.1 Å². The summed E-state index contributed by atoms with van der Waals surface area (Å²) in [6.07, 6.45) is 6.30. The molecule has 1 unspecified atom stereocenters. The summed E-state index contributed by atoms with van der Waals surface area (Å²) < 4.78 is 5.50. The smallest absolute Gasteiger partial charge is 0.126 e. The Kier molecular flexibility index (Phi) is 3.90. The van der Waals surface area contributed by atoms with E-state index in [2.05, 4.69) is 43.3 Å². The lowest BCUT2D eigenvalue weighted by Gasteiger charge is -2.35. The van der Waals surface area contributed by atoms with Crippen molar-refractivity contribution in [3.05, 3.63) is 42.0 Å². The minimum Gasteiger partial charge on any atom is -0.496 e. The molecular weight excluding hydrogens is 258 g/mol. The van der Waals surface area contributed by atoms with Crippen LogP contribution in [0.25, 0.3) is 10.8 Å². The Labute approximate surface area is 127 Å². The molecule has 112 valence electrons. The number of hydrogen-bond acceptors (Lipinski definition) is 2. The van der Waals surface area contributed by atoms with Crippen molar-refractivity contribution in [1.82, 2.24) is 0 Å². The molecule has 1 aliphatic rings. The molecule has 0 amide bonds. The lowest BCUT2D eigenvalue weighted by molar-refractivity contribution is 0.223. The lowest BCUT2D eigenvalue weighted by atomic mass is 9.73. The maximum absolute atomic E-state index is 6.76. The summed E-state index contributed by atoms with van der Waals surface area (Å²) in [5, 5.41) is 2.40. The maximum Gasteiger partial charge on any atom is 0.126 e. The summed E-state index contributed by atoms with van der Waals surface area (Å²) in [6.45, 7) is 2.29. The van der Waals surface area contributed by atoms with E-state index in [1.54, 1.807) is 7.11 Å². The molecule has 0 heterocycles. The van der Waals surface area contributed by atoms with Gasteiger partial charge in [0.25, 0.3) is 0 Å². The number of rotatable bonds is 4. The molecule has 0 aromatic heterocycles. The second kappa shape index (κ2) is 5.69. The Morgan fingerprint density at radius 3 is 2.38 bits per heavy atom. The Bertz CT molecular complexity index is 628. The molecule has 1 fully saturated rings. The zero-order valence-electron chi connectivity index (χ0n) is 13.1. The van der Waals surface area contributed by atoms with Crippen molar-refractivity contribution in [2.24, 2.45) is 11.1 Å². The van der Waals surface area contributed by atoms with Crippen molar-refractivity contribution in [2.45, 2.75) is 45.1 Å². The summed E-state index contributed by atoms with van der Waals surface area (Å²) in [6, 6.07) is 12.8. The van der Waals surface area contributed by atoms with Gasteiger partial charge in [0.15, 0.2) is 0 Å². The van der Waals surface area contributed by atoms with Gasteiger partial charge in [-0.15, -0.1) is 0 Å². The van der Waals surface area contributed by atoms with Gasteiger partial charge in [-0.3, -0.25) is 0 Å². The summed E-state index contributed by atoms with van der Waals surface area (Å²) in [5.41, 5.74) is 8.31. The van der Waals surface area contributed by atoms with Crippen molar-refractivity contribution in [2.75, 3.05) is 7.11 Å². The van der Waals surface area contributed by atoms with Crippen molar-refractivity contribution >= 4 is 10.8 Å². The van der Waals surface area contributed by atoms with Crippen LogP contribution in [0.3, 0.4) is 0 Å². The molecule has 0 saturated heterocycles. The predicted molar refractivity (Wildman–Crippen MR) is 88.6 cm³/mol. The van der Waals surface area contributed by atoms with E-state index in [9.17, 15) is 0 Å². The molecule has 2 aromatic rings. The monoisotopic (exact) mass is 283 g/mol. The Morgan fingerprint density at radius 2 is 1.76 bits per heavy atom. The zero-order valence-corrected chi connectivity index (χ0v) is 13.1. The number of ether oxygens (including phenoxy) is 1. The number of hydrogen-bond donors (Lipinski definition) is 1. The molecule has 2 aromatic carbocycles. The third-order valence-electron chi connectivity index (χ3n) is 5.44. The topological polar surface area (TPSA) is 35.2 Å². The Hall–Kier alpha value is -1.54. The van der Waals surface area contributed by atoms with E-state index < -0.39 is 0 Å². The summed E-state index contributed by atoms with van der Waals surface area (Å²) in [7, 11) is 1.73. The first kappa shape index (κ1) is 14.4. The second-order valence-corrected chi connectivity index (χ2v) is 6.30. The molecule has 1 saturated carbocycles. The number of benzene rings is 2. The van der Waals surface area contributed by atoms with Crippen LogP contribution >= 0.6 is 0 Å². The van der Waals surface area contributed by atoms with Crippen molar-refractivity contribution in [1.29, 1.82) is 0 Å². The fraction of sp³-hybridized carbons (Fsp3) is 0.474. The SMILES string of the molecule is CCC1(C(N)c2ccc(OC)c3ccccc23)CCCC1. The molecular formula is C19H25NO. The molecule has 2 nitrogen and oxygen atoms in total. The van der Waals surface area contributed by atoms with E-state index in [0.717, 1.165) is 17.6 Å². The highest BCUT2D eigenvalue weighted by Gasteiger charge is 2.39. The third kappa shape index (κ3) is 2.32. The van der Waals surface area contributed by atoms with Crippen LogP contribution in [0.2, 0.25) is 0 Å². The summed E-state index contributed by atoms with van der Waals surface area (Å²) >= 11 is 0. The van der Waals surface area contributed by atoms with Gasteiger partial charge in [-0.05, 0) is 41.7 Å². The molecule has 3 rings (SSSR count). The van der Waals surface area contributed by atoms with Gasteiger partial charge >= 0.3 is 0 Å². The second-order valence-electron chi connectivity index (χ2n) is 6.30. The van der Waals surface area contributed by atoms with E-state index in [1.807, 2.05) is 0 Å². The van der Waals surface area contributed by atoms with Gasteiger partial charge in [0.1, 0.15) is 5.75 Å². The number of fused-ring (bicyclic) bond motifs is 1. The van der Waals surface area contributed by atoms with Crippen LogP contribution in [-0.4, -0.2) is 7.11 Å². The van der Waals surface area contributed by atoms with Gasteiger partial charge in [0, 0.05) is 11.4 Å². The van der Waals surface area contributed by atoms with Crippen LogP contribution in [0.4, 0.5) is 0 Å². The molecule has 2 heteroatoms. The molecule has 0 spiro atoms. The first-order valence-corrected chi connectivity index (χ1v) is 8.03. The van der Waals surface area contributed by atoms with Crippen molar-refractivity contribution < 1.29 is 4.74 Å². The van der Waals surface area contributed by atoms with E-state index >= 15 is 0 Å². The lowest BCUT2D eigenvalue weighted by Crippen LogP contribution is -2.31. The highest BCUT2D eigenvalue weighted by atomic mass is 16.5. The quantitative estimate of drug-likeness (QED) is 0.873. The predicted octanol–water partition coefficient (Wildman–Crippen LogP) is 4.82. The first-order valence-electron chi connectivity index (χ1n) is 8.03. The molecule has 1 aliphatic carbocycles. The van der Waals surface area contributed by atoms with Gasteiger partial charge in [-0.2, -0.15) is 0 Å². The Balaban J connectivity index is 2.12. The Morgan fingerprint density at radius 1 is 1.10 bits per heavy atom. The van der Waals surface area contributed by atoms with Crippen LogP contribution in [0.1, 0.15) is 50.6 Å².